The van der Waals surface area contributed by atoms with E-state index in [1.54, 1.807) is 27.0 Å². The van der Waals surface area contributed by atoms with Crippen molar-refractivity contribution >= 4 is 22.7 Å². The molecule has 0 spiro atoms. The van der Waals surface area contributed by atoms with Gasteiger partial charge in [0.2, 0.25) is 5.78 Å². The predicted molar refractivity (Wildman–Crippen MR) is 83.5 cm³/mol. The van der Waals surface area contributed by atoms with Gasteiger partial charge in [0.05, 0.1) is 5.69 Å². The number of aryl methyl sites for hydroxylation is 2. The molecular formula is C17H16N2O4. The zero-order valence-corrected chi connectivity index (χ0v) is 13.0. The molecule has 1 aromatic carbocycles. The maximum absolute atomic E-state index is 12.6. The van der Waals surface area contributed by atoms with E-state index < -0.39 is 12.1 Å². The van der Waals surface area contributed by atoms with Crippen LogP contribution in [0.3, 0.4) is 0 Å². The van der Waals surface area contributed by atoms with Crippen LogP contribution in [0.4, 0.5) is 0 Å². The van der Waals surface area contributed by atoms with Gasteiger partial charge in [0.15, 0.2) is 6.10 Å². The van der Waals surface area contributed by atoms with E-state index in [4.69, 9.17) is 9.26 Å². The molecule has 118 valence electrons. The molecule has 6 heteroatoms. The Morgan fingerprint density at radius 2 is 2.00 bits per heavy atom. The number of ether oxygens (including phenoxy) is 1. The first-order valence-corrected chi connectivity index (χ1v) is 7.23. The number of rotatable bonds is 4. The topological polar surface area (TPSA) is 85.2 Å². The van der Waals surface area contributed by atoms with Gasteiger partial charge in [0.1, 0.15) is 11.3 Å². The average Bonchev–Trinajstić information content (AvgIpc) is 3.10. The first-order chi connectivity index (χ1) is 11.0. The molecule has 3 aromatic rings. The molecule has 0 fully saturated rings. The summed E-state index contributed by atoms with van der Waals surface area (Å²) in [5, 5.41) is 4.52. The van der Waals surface area contributed by atoms with E-state index in [1.807, 2.05) is 24.3 Å². The molecule has 1 atom stereocenters. The standard InChI is InChI=1S/C17H16N2O4/c1-9-15(10(2)23-19-9)17(21)22-11(3)16(20)13-8-18-14-7-5-4-6-12(13)14/h4-8,11,18H,1-3H3/t11-/m0/s1. The van der Waals surface area contributed by atoms with Crippen LogP contribution >= 0.6 is 0 Å². The van der Waals surface area contributed by atoms with Gasteiger partial charge in [-0.05, 0) is 26.8 Å². The number of H-pyrrole nitrogens is 1. The summed E-state index contributed by atoms with van der Waals surface area (Å²) >= 11 is 0. The Hall–Kier alpha value is -2.89. The van der Waals surface area contributed by atoms with E-state index in [0.717, 1.165) is 10.9 Å². The highest BCUT2D eigenvalue weighted by molar-refractivity contribution is 6.10. The Kier molecular flexibility index (Phi) is 3.73. The Morgan fingerprint density at radius 3 is 2.70 bits per heavy atom. The molecule has 0 amide bonds. The normalized spacial score (nSPS) is 12.3. The van der Waals surface area contributed by atoms with Crippen molar-refractivity contribution in [3.8, 4) is 0 Å². The smallest absolute Gasteiger partial charge is 0.344 e. The second kappa shape index (κ2) is 5.72. The van der Waals surface area contributed by atoms with E-state index in [2.05, 4.69) is 10.1 Å². The number of carbonyl (C=O) groups is 2. The number of benzene rings is 1. The maximum Gasteiger partial charge on any atom is 0.344 e. The van der Waals surface area contributed by atoms with Gasteiger partial charge in [-0.25, -0.2) is 4.79 Å². The summed E-state index contributed by atoms with van der Waals surface area (Å²) in [4.78, 5) is 27.8. The second-order valence-corrected chi connectivity index (χ2v) is 5.36. The Labute approximate surface area is 132 Å². The summed E-state index contributed by atoms with van der Waals surface area (Å²) in [5.74, 6) is -0.497. The third-order valence-corrected chi connectivity index (χ3v) is 3.75. The molecule has 23 heavy (non-hydrogen) atoms. The lowest BCUT2D eigenvalue weighted by Crippen LogP contribution is -2.24. The molecule has 0 saturated carbocycles. The van der Waals surface area contributed by atoms with Crippen LogP contribution < -0.4 is 0 Å². The van der Waals surface area contributed by atoms with Crippen LogP contribution in [0.25, 0.3) is 10.9 Å². The number of carbonyl (C=O) groups excluding carboxylic acids is 2. The van der Waals surface area contributed by atoms with Crippen molar-refractivity contribution in [1.29, 1.82) is 0 Å². The molecular weight excluding hydrogens is 296 g/mol. The van der Waals surface area contributed by atoms with Gasteiger partial charge in [-0.15, -0.1) is 0 Å². The van der Waals surface area contributed by atoms with Gasteiger partial charge in [-0.1, -0.05) is 23.4 Å². The molecule has 0 radical (unpaired) electrons. The summed E-state index contributed by atoms with van der Waals surface area (Å²) in [6.07, 6.45) is 0.725. The maximum atomic E-state index is 12.6. The largest absolute Gasteiger partial charge is 0.451 e. The second-order valence-electron chi connectivity index (χ2n) is 5.36. The predicted octanol–water partition coefficient (Wildman–Crippen LogP) is 3.20. The summed E-state index contributed by atoms with van der Waals surface area (Å²) in [6.45, 7) is 4.84. The van der Waals surface area contributed by atoms with Gasteiger partial charge in [0.25, 0.3) is 0 Å². The highest BCUT2D eigenvalue weighted by Crippen LogP contribution is 2.21. The van der Waals surface area contributed by atoms with E-state index >= 15 is 0 Å². The minimum Gasteiger partial charge on any atom is -0.451 e. The van der Waals surface area contributed by atoms with Gasteiger partial charge in [-0.2, -0.15) is 0 Å². The number of aromatic nitrogens is 2. The molecule has 2 aromatic heterocycles. The molecule has 3 rings (SSSR count). The third kappa shape index (κ3) is 2.63. The lowest BCUT2D eigenvalue weighted by Gasteiger charge is -2.11. The zero-order valence-electron chi connectivity index (χ0n) is 13.0. The van der Waals surface area contributed by atoms with Crippen LogP contribution in [0, 0.1) is 13.8 Å². The number of esters is 1. The Balaban J connectivity index is 1.82. The lowest BCUT2D eigenvalue weighted by molar-refractivity contribution is 0.0317. The molecule has 0 unspecified atom stereocenters. The minimum atomic E-state index is -0.907. The number of fused-ring (bicyclic) bond motifs is 1. The first kappa shape index (κ1) is 15.0. The SMILES string of the molecule is Cc1noc(C)c1C(=O)O[C@@H](C)C(=O)c1c[nH]c2ccccc12. The number of aromatic amines is 1. The third-order valence-electron chi connectivity index (χ3n) is 3.75. The van der Waals surface area contributed by atoms with Crippen molar-refractivity contribution in [1.82, 2.24) is 10.1 Å². The van der Waals surface area contributed by atoms with Crippen molar-refractivity contribution < 1.29 is 18.8 Å². The van der Waals surface area contributed by atoms with Crippen LogP contribution in [0.15, 0.2) is 35.0 Å². The Bertz CT molecular complexity index is 872. The molecule has 0 aliphatic heterocycles. The number of para-hydroxylation sites is 1. The van der Waals surface area contributed by atoms with E-state index in [9.17, 15) is 9.59 Å². The van der Waals surface area contributed by atoms with Crippen LogP contribution in [0.1, 0.15) is 39.1 Å². The minimum absolute atomic E-state index is 0.262. The van der Waals surface area contributed by atoms with Crippen molar-refractivity contribution in [2.45, 2.75) is 26.9 Å². The first-order valence-electron chi connectivity index (χ1n) is 7.23. The fraction of sp³-hybridized carbons (Fsp3) is 0.235. The van der Waals surface area contributed by atoms with Crippen molar-refractivity contribution in [3.63, 3.8) is 0 Å². The van der Waals surface area contributed by atoms with Crippen molar-refractivity contribution in [2.24, 2.45) is 0 Å². The zero-order chi connectivity index (χ0) is 16.6. The monoisotopic (exact) mass is 312 g/mol. The van der Waals surface area contributed by atoms with Crippen LogP contribution in [-0.4, -0.2) is 28.0 Å². The van der Waals surface area contributed by atoms with Gasteiger partial charge < -0.3 is 14.2 Å². The van der Waals surface area contributed by atoms with E-state index in [1.165, 1.54) is 0 Å². The number of hydrogen-bond donors (Lipinski definition) is 1. The van der Waals surface area contributed by atoms with Crippen molar-refractivity contribution in [2.75, 3.05) is 0 Å². The highest BCUT2D eigenvalue weighted by Gasteiger charge is 2.26. The molecule has 0 saturated heterocycles. The van der Waals surface area contributed by atoms with Crippen LogP contribution in [0.5, 0.6) is 0 Å². The van der Waals surface area contributed by atoms with E-state index in [-0.39, 0.29) is 11.3 Å². The van der Waals surface area contributed by atoms with Gasteiger partial charge in [-0.3, -0.25) is 4.79 Å². The molecule has 2 heterocycles. The van der Waals surface area contributed by atoms with Crippen molar-refractivity contribution in [3.05, 3.63) is 53.0 Å². The summed E-state index contributed by atoms with van der Waals surface area (Å²) in [7, 11) is 0. The summed E-state index contributed by atoms with van der Waals surface area (Å²) in [5.41, 5.74) is 2.07. The molecule has 6 nitrogen and oxygen atoms in total. The average molecular weight is 312 g/mol. The fourth-order valence-corrected chi connectivity index (χ4v) is 2.54. The number of nitrogens with zero attached hydrogens (tertiary/aromatic N) is 1. The van der Waals surface area contributed by atoms with Gasteiger partial charge in [0, 0.05) is 22.7 Å². The molecule has 0 aliphatic carbocycles. The van der Waals surface area contributed by atoms with E-state index in [0.29, 0.717) is 17.0 Å². The fourth-order valence-electron chi connectivity index (χ4n) is 2.54. The number of nitrogens with one attached hydrogen (secondary N) is 1. The highest BCUT2D eigenvalue weighted by atomic mass is 16.5. The number of Topliss-reactive ketones (excluding diaryl/α,β-unsaturated/α-hetero) is 1. The number of hydrogen-bond acceptors (Lipinski definition) is 5. The number of ketones is 1. The van der Waals surface area contributed by atoms with Crippen LogP contribution in [0.2, 0.25) is 0 Å². The summed E-state index contributed by atoms with van der Waals surface area (Å²) < 4.78 is 10.2. The quantitative estimate of drug-likeness (QED) is 0.590. The Morgan fingerprint density at radius 1 is 1.26 bits per heavy atom. The lowest BCUT2D eigenvalue weighted by atomic mass is 10.1. The summed E-state index contributed by atoms with van der Waals surface area (Å²) in [6, 6.07) is 7.47. The molecule has 1 N–H and O–H groups in total. The molecule has 0 bridgehead atoms. The van der Waals surface area contributed by atoms with Crippen LogP contribution in [-0.2, 0) is 4.74 Å². The van der Waals surface area contributed by atoms with Gasteiger partial charge >= 0.3 is 5.97 Å². The molecule has 0 aliphatic rings.